The predicted octanol–water partition coefficient (Wildman–Crippen LogP) is 0.886. The van der Waals surface area contributed by atoms with E-state index in [0.717, 1.165) is 26.2 Å². The standard InChI is InChI=1S/C13H28N2O3/c1-6-15(7-2)10-9-14-13(4,11-17-5)12(16)18-8-3/h14H,6-11H2,1-5H3. The van der Waals surface area contributed by atoms with E-state index in [1.165, 1.54) is 0 Å². The molecule has 0 aromatic rings. The molecule has 0 saturated heterocycles. The second-order valence-electron chi connectivity index (χ2n) is 4.44. The molecule has 108 valence electrons. The van der Waals surface area contributed by atoms with Gasteiger partial charge in [-0.2, -0.15) is 0 Å². The van der Waals surface area contributed by atoms with Crippen molar-refractivity contribution in [2.45, 2.75) is 33.2 Å². The van der Waals surface area contributed by atoms with Crippen molar-refractivity contribution in [1.29, 1.82) is 0 Å². The number of nitrogens with one attached hydrogen (secondary N) is 1. The van der Waals surface area contributed by atoms with Gasteiger partial charge in [0.05, 0.1) is 13.2 Å². The van der Waals surface area contributed by atoms with Crippen LogP contribution in [0.3, 0.4) is 0 Å². The van der Waals surface area contributed by atoms with Gasteiger partial charge in [-0.3, -0.25) is 5.32 Å². The lowest BCUT2D eigenvalue weighted by molar-refractivity contribution is -0.152. The van der Waals surface area contributed by atoms with E-state index in [4.69, 9.17) is 9.47 Å². The molecule has 5 heteroatoms. The summed E-state index contributed by atoms with van der Waals surface area (Å²) < 4.78 is 10.2. The lowest BCUT2D eigenvalue weighted by atomic mass is 10.0. The van der Waals surface area contributed by atoms with Crippen LogP contribution >= 0.6 is 0 Å². The van der Waals surface area contributed by atoms with Crippen LogP contribution in [0, 0.1) is 0 Å². The number of rotatable bonds is 10. The molecule has 0 saturated carbocycles. The van der Waals surface area contributed by atoms with Gasteiger partial charge in [0, 0.05) is 20.2 Å². The van der Waals surface area contributed by atoms with E-state index in [-0.39, 0.29) is 5.97 Å². The minimum absolute atomic E-state index is 0.258. The Hall–Kier alpha value is -0.650. The Morgan fingerprint density at radius 2 is 1.89 bits per heavy atom. The van der Waals surface area contributed by atoms with E-state index in [2.05, 4.69) is 24.1 Å². The Kier molecular flexibility index (Phi) is 8.97. The number of esters is 1. The maximum absolute atomic E-state index is 11.9. The SMILES string of the molecule is CCOC(=O)C(C)(COC)NCCN(CC)CC. The summed E-state index contributed by atoms with van der Waals surface area (Å²) in [5, 5.41) is 3.24. The largest absolute Gasteiger partial charge is 0.465 e. The Balaban J connectivity index is 4.29. The van der Waals surface area contributed by atoms with Crippen LogP contribution in [0.15, 0.2) is 0 Å². The molecule has 0 aliphatic heterocycles. The van der Waals surface area contributed by atoms with Gasteiger partial charge in [-0.1, -0.05) is 13.8 Å². The Morgan fingerprint density at radius 3 is 2.33 bits per heavy atom. The van der Waals surface area contributed by atoms with Crippen molar-refractivity contribution in [3.63, 3.8) is 0 Å². The van der Waals surface area contributed by atoms with Gasteiger partial charge < -0.3 is 14.4 Å². The van der Waals surface area contributed by atoms with Crippen molar-refractivity contribution in [3.8, 4) is 0 Å². The van der Waals surface area contributed by atoms with E-state index in [9.17, 15) is 4.79 Å². The molecule has 0 aromatic heterocycles. The summed E-state index contributed by atoms with van der Waals surface area (Å²) >= 11 is 0. The van der Waals surface area contributed by atoms with Crippen LogP contribution < -0.4 is 5.32 Å². The number of likely N-dealkylation sites (N-methyl/N-ethyl adjacent to an activating group) is 1. The molecule has 0 aliphatic carbocycles. The number of methoxy groups -OCH3 is 1. The van der Waals surface area contributed by atoms with Gasteiger partial charge in [-0.15, -0.1) is 0 Å². The first kappa shape index (κ1) is 17.4. The molecule has 0 bridgehead atoms. The molecule has 0 rings (SSSR count). The molecule has 0 heterocycles. The minimum Gasteiger partial charge on any atom is -0.465 e. The maximum atomic E-state index is 11.9. The molecule has 1 atom stereocenters. The van der Waals surface area contributed by atoms with Crippen LogP contribution in [0.2, 0.25) is 0 Å². The summed E-state index contributed by atoms with van der Waals surface area (Å²) in [7, 11) is 1.59. The van der Waals surface area contributed by atoms with Crippen LogP contribution in [-0.4, -0.2) is 62.9 Å². The summed E-state index contributed by atoms with van der Waals surface area (Å²) in [5.41, 5.74) is -0.766. The Labute approximate surface area is 111 Å². The highest BCUT2D eigenvalue weighted by atomic mass is 16.5. The molecule has 0 aromatic carbocycles. The quantitative estimate of drug-likeness (QED) is 0.591. The van der Waals surface area contributed by atoms with E-state index >= 15 is 0 Å². The smallest absolute Gasteiger partial charge is 0.328 e. The number of ether oxygens (including phenoxy) is 2. The van der Waals surface area contributed by atoms with Gasteiger partial charge in [-0.05, 0) is 26.9 Å². The number of carbonyl (C=O) groups is 1. The molecule has 0 spiro atoms. The molecule has 1 N–H and O–H groups in total. The summed E-state index contributed by atoms with van der Waals surface area (Å²) in [6.07, 6.45) is 0. The fraction of sp³-hybridized carbons (Fsp3) is 0.923. The van der Waals surface area contributed by atoms with E-state index in [1.54, 1.807) is 14.0 Å². The molecular weight excluding hydrogens is 232 g/mol. The molecular formula is C13H28N2O3. The highest BCUT2D eigenvalue weighted by Gasteiger charge is 2.34. The molecule has 0 amide bonds. The van der Waals surface area contributed by atoms with Crippen molar-refractivity contribution in [2.75, 3.05) is 46.5 Å². The van der Waals surface area contributed by atoms with Crippen molar-refractivity contribution in [1.82, 2.24) is 10.2 Å². The summed E-state index contributed by atoms with van der Waals surface area (Å²) in [5.74, 6) is -0.258. The van der Waals surface area contributed by atoms with Crippen LogP contribution in [0.1, 0.15) is 27.7 Å². The van der Waals surface area contributed by atoms with Crippen molar-refractivity contribution in [2.24, 2.45) is 0 Å². The third-order valence-corrected chi connectivity index (χ3v) is 3.00. The lowest BCUT2D eigenvalue weighted by Gasteiger charge is -2.29. The molecule has 0 aliphatic rings. The zero-order valence-electron chi connectivity index (χ0n) is 12.4. The average molecular weight is 260 g/mol. The summed E-state index contributed by atoms with van der Waals surface area (Å²) in [6.45, 7) is 12.2. The zero-order valence-corrected chi connectivity index (χ0v) is 12.4. The van der Waals surface area contributed by atoms with Gasteiger partial charge in [0.2, 0.25) is 0 Å². The first-order valence-electron chi connectivity index (χ1n) is 6.67. The van der Waals surface area contributed by atoms with E-state index < -0.39 is 5.54 Å². The number of hydrogen-bond donors (Lipinski definition) is 1. The average Bonchev–Trinajstić information content (AvgIpc) is 2.35. The van der Waals surface area contributed by atoms with Crippen LogP contribution in [0.25, 0.3) is 0 Å². The van der Waals surface area contributed by atoms with Crippen molar-refractivity contribution in [3.05, 3.63) is 0 Å². The van der Waals surface area contributed by atoms with Crippen molar-refractivity contribution >= 4 is 5.97 Å². The number of hydrogen-bond acceptors (Lipinski definition) is 5. The number of carbonyl (C=O) groups excluding carboxylic acids is 1. The van der Waals surface area contributed by atoms with Gasteiger partial charge in [-0.25, -0.2) is 4.79 Å². The first-order chi connectivity index (χ1) is 8.53. The van der Waals surface area contributed by atoms with Gasteiger partial charge in [0.1, 0.15) is 5.54 Å². The zero-order chi connectivity index (χ0) is 14.0. The fourth-order valence-corrected chi connectivity index (χ4v) is 1.79. The van der Waals surface area contributed by atoms with Crippen molar-refractivity contribution < 1.29 is 14.3 Å². The third kappa shape index (κ3) is 5.80. The Bertz CT molecular complexity index is 232. The second kappa shape index (κ2) is 9.30. The van der Waals surface area contributed by atoms with Gasteiger partial charge >= 0.3 is 5.97 Å². The molecule has 0 radical (unpaired) electrons. The highest BCUT2D eigenvalue weighted by molar-refractivity contribution is 5.80. The van der Waals surface area contributed by atoms with E-state index in [1.807, 2.05) is 6.92 Å². The lowest BCUT2D eigenvalue weighted by Crippen LogP contribution is -2.55. The topological polar surface area (TPSA) is 50.8 Å². The summed E-state index contributed by atoms with van der Waals surface area (Å²) in [4.78, 5) is 14.2. The monoisotopic (exact) mass is 260 g/mol. The number of nitrogens with zero attached hydrogens (tertiary/aromatic N) is 1. The third-order valence-electron chi connectivity index (χ3n) is 3.00. The fourth-order valence-electron chi connectivity index (χ4n) is 1.79. The molecule has 18 heavy (non-hydrogen) atoms. The molecule has 0 fully saturated rings. The molecule has 1 unspecified atom stereocenters. The van der Waals surface area contributed by atoms with Crippen LogP contribution in [-0.2, 0) is 14.3 Å². The normalized spacial score (nSPS) is 14.6. The van der Waals surface area contributed by atoms with E-state index in [0.29, 0.717) is 13.2 Å². The predicted molar refractivity (Wildman–Crippen MR) is 72.7 cm³/mol. The second-order valence-corrected chi connectivity index (χ2v) is 4.44. The Morgan fingerprint density at radius 1 is 1.28 bits per heavy atom. The van der Waals surface area contributed by atoms with Gasteiger partial charge in [0.25, 0.3) is 0 Å². The van der Waals surface area contributed by atoms with Crippen LogP contribution in [0.5, 0.6) is 0 Å². The minimum atomic E-state index is -0.766. The first-order valence-corrected chi connectivity index (χ1v) is 6.67. The van der Waals surface area contributed by atoms with Crippen LogP contribution in [0.4, 0.5) is 0 Å². The summed E-state index contributed by atoms with van der Waals surface area (Å²) in [6, 6.07) is 0. The highest BCUT2D eigenvalue weighted by Crippen LogP contribution is 2.07. The maximum Gasteiger partial charge on any atom is 0.328 e. The van der Waals surface area contributed by atoms with Gasteiger partial charge in [0.15, 0.2) is 0 Å². The molecule has 5 nitrogen and oxygen atoms in total.